The van der Waals surface area contributed by atoms with Gasteiger partial charge in [-0.1, -0.05) is 63.7 Å². The van der Waals surface area contributed by atoms with E-state index in [1.54, 1.807) is 0 Å². The number of carbonyl (C=O) groups is 2. The third kappa shape index (κ3) is 20.7. The maximum Gasteiger partial charge on any atom is 0.302 e. The minimum atomic E-state index is -0.922. The van der Waals surface area contributed by atoms with Crippen LogP contribution in [-0.4, -0.2) is 29.6 Å². The second-order valence-electron chi connectivity index (χ2n) is 7.20. The Hall–Kier alpha value is -1.42. The van der Waals surface area contributed by atoms with Crippen LogP contribution in [0, 0.1) is 0 Å². The lowest BCUT2D eigenvalue weighted by Gasteiger charge is -2.07. The Morgan fingerprint density at radius 1 is 0.852 bits per heavy atom. The molecule has 0 aromatic carbocycles. The van der Waals surface area contributed by atoms with Gasteiger partial charge in [0.25, 0.3) is 0 Å². The Balaban J connectivity index is 3.44. The summed E-state index contributed by atoms with van der Waals surface area (Å²) in [5.74, 6) is -0.582. The van der Waals surface area contributed by atoms with Crippen LogP contribution in [0.25, 0.3) is 0 Å². The fourth-order valence-electron chi connectivity index (χ4n) is 2.77. The molecule has 27 heavy (non-hydrogen) atoms. The molecule has 0 aliphatic carbocycles. The zero-order valence-corrected chi connectivity index (χ0v) is 17.5. The highest BCUT2D eigenvalue weighted by Crippen LogP contribution is 2.09. The third-order valence-electron chi connectivity index (χ3n) is 4.35. The number of unbranched alkanes of at least 4 members (excludes halogenated alkanes) is 10. The molecule has 1 atom stereocenters. The molecular weight excluding hydrogens is 340 g/mol. The molecule has 0 aliphatic rings. The van der Waals surface area contributed by atoms with Gasteiger partial charge >= 0.3 is 5.97 Å². The minimum absolute atomic E-state index is 0.00677. The summed E-state index contributed by atoms with van der Waals surface area (Å²) in [6, 6.07) is 0. The van der Waals surface area contributed by atoms with Crippen molar-refractivity contribution in [3.05, 3.63) is 24.3 Å². The van der Waals surface area contributed by atoms with Gasteiger partial charge in [0.1, 0.15) is 6.61 Å². The maximum atomic E-state index is 11.6. The van der Waals surface area contributed by atoms with E-state index in [2.05, 4.69) is 23.8 Å². The molecule has 0 saturated heterocycles. The van der Waals surface area contributed by atoms with Gasteiger partial charge < -0.3 is 9.84 Å². The number of rotatable bonds is 18. The van der Waals surface area contributed by atoms with E-state index in [1.807, 2.05) is 6.08 Å². The van der Waals surface area contributed by atoms with E-state index < -0.39 is 12.1 Å². The number of carbonyl (C=O) groups excluding carboxylic acids is 2. The first-order valence-electron chi connectivity index (χ1n) is 10.7. The lowest BCUT2D eigenvalue weighted by Crippen LogP contribution is -2.20. The van der Waals surface area contributed by atoms with Crippen molar-refractivity contribution in [2.45, 2.75) is 103 Å². The Bertz CT molecular complexity index is 426. The van der Waals surface area contributed by atoms with Crippen LogP contribution in [0.2, 0.25) is 0 Å². The van der Waals surface area contributed by atoms with Crippen LogP contribution in [0.15, 0.2) is 24.3 Å². The largest absolute Gasteiger partial charge is 0.463 e. The number of hydrogen-bond donors (Lipinski definition) is 1. The fourth-order valence-corrected chi connectivity index (χ4v) is 2.77. The van der Waals surface area contributed by atoms with Crippen molar-refractivity contribution in [3.63, 3.8) is 0 Å². The van der Waals surface area contributed by atoms with Crippen molar-refractivity contribution >= 4 is 11.8 Å². The molecule has 0 fully saturated rings. The van der Waals surface area contributed by atoms with Crippen molar-refractivity contribution in [1.82, 2.24) is 0 Å². The first-order valence-corrected chi connectivity index (χ1v) is 10.7. The first kappa shape index (κ1) is 25.6. The van der Waals surface area contributed by atoms with Crippen molar-refractivity contribution in [2.75, 3.05) is 6.61 Å². The van der Waals surface area contributed by atoms with E-state index in [9.17, 15) is 14.7 Å². The van der Waals surface area contributed by atoms with E-state index in [4.69, 9.17) is 0 Å². The second-order valence-corrected chi connectivity index (χ2v) is 7.20. The number of ketones is 1. The predicted octanol–water partition coefficient (Wildman–Crippen LogP) is 5.68. The van der Waals surface area contributed by atoms with Crippen LogP contribution in [0.4, 0.5) is 0 Å². The molecular formula is C23H40O4. The standard InChI is InChI=1S/C23H40O4/c1-3-4-5-6-7-8-9-10-11-12-13-14-15-16-17-18-22(25)19-23(26)20-27-21(2)24/h10-11,17-18,23,26H,3-9,12-16,19-20H2,1-2H3/b11-10-,18-17+/t23-/m0/s1. The van der Waals surface area contributed by atoms with Gasteiger partial charge in [-0.15, -0.1) is 0 Å². The van der Waals surface area contributed by atoms with Crippen LogP contribution >= 0.6 is 0 Å². The molecule has 0 aromatic rings. The van der Waals surface area contributed by atoms with E-state index in [0.717, 1.165) is 25.7 Å². The molecule has 0 spiro atoms. The average Bonchev–Trinajstić information content (AvgIpc) is 2.63. The second kappa shape index (κ2) is 19.3. The zero-order chi connectivity index (χ0) is 20.2. The van der Waals surface area contributed by atoms with Gasteiger partial charge in [0.05, 0.1) is 6.10 Å². The summed E-state index contributed by atoms with van der Waals surface area (Å²) in [6.07, 6.45) is 21.9. The third-order valence-corrected chi connectivity index (χ3v) is 4.35. The molecule has 0 radical (unpaired) electrons. The predicted molar refractivity (Wildman–Crippen MR) is 112 cm³/mol. The number of ether oxygens (including phenoxy) is 1. The first-order chi connectivity index (χ1) is 13.1. The lowest BCUT2D eigenvalue weighted by molar-refractivity contribution is -0.144. The van der Waals surface area contributed by atoms with Crippen molar-refractivity contribution in [1.29, 1.82) is 0 Å². The van der Waals surface area contributed by atoms with Gasteiger partial charge in [-0.25, -0.2) is 0 Å². The monoisotopic (exact) mass is 380 g/mol. The summed E-state index contributed by atoms with van der Waals surface area (Å²) in [5, 5.41) is 9.56. The number of aliphatic hydroxyl groups is 1. The van der Waals surface area contributed by atoms with Crippen molar-refractivity contribution < 1.29 is 19.4 Å². The Morgan fingerprint density at radius 2 is 1.37 bits per heavy atom. The Kier molecular flexibility index (Phi) is 18.3. The quantitative estimate of drug-likeness (QED) is 0.144. The highest BCUT2D eigenvalue weighted by molar-refractivity contribution is 5.89. The average molecular weight is 381 g/mol. The van der Waals surface area contributed by atoms with Crippen LogP contribution in [0.3, 0.4) is 0 Å². The van der Waals surface area contributed by atoms with E-state index in [-0.39, 0.29) is 18.8 Å². The summed E-state index contributed by atoms with van der Waals surface area (Å²) >= 11 is 0. The number of aliphatic hydroxyl groups excluding tert-OH is 1. The molecule has 0 bridgehead atoms. The zero-order valence-electron chi connectivity index (χ0n) is 17.5. The summed E-state index contributed by atoms with van der Waals surface area (Å²) < 4.78 is 4.66. The number of esters is 1. The highest BCUT2D eigenvalue weighted by atomic mass is 16.5. The minimum Gasteiger partial charge on any atom is -0.463 e. The molecule has 0 aliphatic heterocycles. The van der Waals surface area contributed by atoms with E-state index in [0.29, 0.717) is 0 Å². The van der Waals surface area contributed by atoms with Crippen LogP contribution in [-0.2, 0) is 14.3 Å². The molecule has 4 nitrogen and oxygen atoms in total. The van der Waals surface area contributed by atoms with Gasteiger partial charge in [0, 0.05) is 13.3 Å². The summed E-state index contributed by atoms with van der Waals surface area (Å²) in [4.78, 5) is 22.3. The number of allylic oxidation sites excluding steroid dienone is 4. The molecule has 4 heteroatoms. The van der Waals surface area contributed by atoms with Gasteiger partial charge in [-0.2, -0.15) is 0 Å². The van der Waals surface area contributed by atoms with Crippen molar-refractivity contribution in [2.24, 2.45) is 0 Å². The molecule has 0 heterocycles. The maximum absolute atomic E-state index is 11.6. The van der Waals surface area contributed by atoms with Gasteiger partial charge in [0.15, 0.2) is 5.78 Å². The van der Waals surface area contributed by atoms with Crippen LogP contribution in [0.1, 0.15) is 97.3 Å². The molecule has 0 rings (SSSR count). The van der Waals surface area contributed by atoms with Crippen LogP contribution < -0.4 is 0 Å². The summed E-state index contributed by atoms with van der Waals surface area (Å²) in [7, 11) is 0. The SMILES string of the molecule is CCCCCCCC/C=C\CCCCC/C=C/C(=O)C[C@H](O)COC(C)=O. The smallest absolute Gasteiger partial charge is 0.302 e. The molecule has 1 N–H and O–H groups in total. The molecule has 156 valence electrons. The molecule has 0 unspecified atom stereocenters. The lowest BCUT2D eigenvalue weighted by atomic mass is 10.1. The van der Waals surface area contributed by atoms with Gasteiger partial charge in [-0.05, 0) is 44.6 Å². The van der Waals surface area contributed by atoms with E-state index >= 15 is 0 Å². The normalized spacial score (nSPS) is 12.7. The summed E-state index contributed by atoms with van der Waals surface area (Å²) in [5.41, 5.74) is 0. The van der Waals surface area contributed by atoms with Gasteiger partial charge in [-0.3, -0.25) is 9.59 Å². The highest BCUT2D eigenvalue weighted by Gasteiger charge is 2.09. The molecule has 0 aromatic heterocycles. The Labute approximate surface area is 166 Å². The molecule has 0 saturated carbocycles. The van der Waals surface area contributed by atoms with Crippen molar-refractivity contribution in [3.8, 4) is 0 Å². The fraction of sp³-hybridized carbons (Fsp3) is 0.739. The Morgan fingerprint density at radius 3 is 1.96 bits per heavy atom. The van der Waals surface area contributed by atoms with Crippen LogP contribution in [0.5, 0.6) is 0 Å². The molecule has 0 amide bonds. The van der Waals surface area contributed by atoms with Gasteiger partial charge in [0.2, 0.25) is 0 Å². The topological polar surface area (TPSA) is 63.6 Å². The van der Waals surface area contributed by atoms with E-state index in [1.165, 1.54) is 64.4 Å². The number of hydrogen-bond acceptors (Lipinski definition) is 4. The summed E-state index contributed by atoms with van der Waals surface area (Å²) in [6.45, 7) is 3.40.